The van der Waals surface area contributed by atoms with Gasteiger partial charge >= 0.3 is 5.97 Å². The van der Waals surface area contributed by atoms with Crippen LogP contribution in [0.5, 0.6) is 0 Å². The molecule has 0 atom stereocenters. The van der Waals surface area contributed by atoms with E-state index in [4.69, 9.17) is 5.11 Å². The van der Waals surface area contributed by atoms with Gasteiger partial charge in [-0.05, 0) is 35.1 Å². The molecular weight excluding hydrogens is 340 g/mol. The van der Waals surface area contributed by atoms with Gasteiger partial charge in [0, 0.05) is 17.8 Å². The van der Waals surface area contributed by atoms with Crippen LogP contribution >= 0.6 is 11.3 Å². The van der Waals surface area contributed by atoms with Crippen molar-refractivity contribution in [3.05, 3.63) is 46.7 Å². The molecule has 2 rings (SSSR count). The summed E-state index contributed by atoms with van der Waals surface area (Å²) < 4.78 is 0. The topological polar surface area (TPSA) is 95.5 Å². The highest BCUT2D eigenvalue weighted by atomic mass is 32.1. The van der Waals surface area contributed by atoms with E-state index in [9.17, 15) is 14.4 Å². The summed E-state index contributed by atoms with van der Waals surface area (Å²) in [5.41, 5.74) is 0.474. The lowest BCUT2D eigenvalue weighted by molar-refractivity contribution is -0.139. The molecule has 2 amide bonds. The van der Waals surface area contributed by atoms with Crippen molar-refractivity contribution in [3.8, 4) is 0 Å². The Hall–Kier alpha value is -2.67. The van der Waals surface area contributed by atoms with Crippen molar-refractivity contribution in [3.63, 3.8) is 0 Å². The second kappa shape index (κ2) is 7.94. The highest BCUT2D eigenvalue weighted by Crippen LogP contribution is 2.26. The van der Waals surface area contributed by atoms with Crippen molar-refractivity contribution in [2.75, 3.05) is 10.6 Å². The normalized spacial score (nSPS) is 11.0. The van der Waals surface area contributed by atoms with E-state index in [0.717, 1.165) is 0 Å². The smallest absolute Gasteiger partial charge is 0.303 e. The zero-order valence-corrected chi connectivity index (χ0v) is 14.9. The fourth-order valence-electron chi connectivity index (χ4n) is 2.39. The first-order valence-electron chi connectivity index (χ1n) is 7.72. The number of hydrogen-bond acceptors (Lipinski definition) is 4. The second-order valence-corrected chi connectivity index (χ2v) is 7.42. The monoisotopic (exact) mass is 360 g/mol. The summed E-state index contributed by atoms with van der Waals surface area (Å²) in [6, 6.07) is 10.4. The Morgan fingerprint density at radius 3 is 2.32 bits per heavy atom. The standard InChI is InChI=1S/C18H20N2O4S/c1-18(2,11-16(22)23)10-15(21)19-12-5-3-6-13(9-12)20-17(24)14-7-4-8-25-14/h3-9H,10-11H2,1-2H3,(H,19,21)(H,20,24)(H,22,23). The van der Waals surface area contributed by atoms with Crippen LogP contribution in [0.4, 0.5) is 11.4 Å². The first-order valence-corrected chi connectivity index (χ1v) is 8.60. The predicted molar refractivity (Wildman–Crippen MR) is 98.0 cm³/mol. The molecule has 0 saturated carbocycles. The van der Waals surface area contributed by atoms with E-state index < -0.39 is 11.4 Å². The number of nitrogens with one attached hydrogen (secondary N) is 2. The van der Waals surface area contributed by atoms with Crippen LogP contribution < -0.4 is 10.6 Å². The molecule has 2 aromatic rings. The van der Waals surface area contributed by atoms with Crippen LogP contribution in [0.2, 0.25) is 0 Å². The second-order valence-electron chi connectivity index (χ2n) is 6.47. The molecule has 3 N–H and O–H groups in total. The highest BCUT2D eigenvalue weighted by Gasteiger charge is 2.25. The Kier molecular flexibility index (Phi) is 5.93. The van der Waals surface area contributed by atoms with Crippen molar-refractivity contribution in [1.29, 1.82) is 0 Å². The molecule has 25 heavy (non-hydrogen) atoms. The molecule has 0 saturated heterocycles. The molecule has 7 heteroatoms. The number of carbonyl (C=O) groups is 3. The Bertz CT molecular complexity index is 769. The van der Waals surface area contributed by atoms with E-state index >= 15 is 0 Å². The van der Waals surface area contributed by atoms with Gasteiger partial charge < -0.3 is 15.7 Å². The Morgan fingerprint density at radius 1 is 1.04 bits per heavy atom. The molecule has 0 unspecified atom stereocenters. The van der Waals surface area contributed by atoms with Gasteiger partial charge in [-0.1, -0.05) is 26.0 Å². The number of rotatable bonds is 7. The van der Waals surface area contributed by atoms with Gasteiger partial charge in [0.1, 0.15) is 0 Å². The summed E-state index contributed by atoms with van der Waals surface area (Å²) in [7, 11) is 0. The first kappa shape index (κ1) is 18.7. The number of carboxylic acid groups (broad SMARTS) is 1. The van der Waals surface area contributed by atoms with Gasteiger partial charge in [-0.3, -0.25) is 14.4 Å². The third-order valence-electron chi connectivity index (χ3n) is 3.42. The molecule has 0 bridgehead atoms. The van der Waals surface area contributed by atoms with Crippen LogP contribution in [0.15, 0.2) is 41.8 Å². The molecule has 1 aromatic carbocycles. The van der Waals surface area contributed by atoms with E-state index in [1.807, 2.05) is 5.38 Å². The van der Waals surface area contributed by atoms with E-state index in [1.165, 1.54) is 11.3 Å². The molecule has 0 spiro atoms. The van der Waals surface area contributed by atoms with Crippen LogP contribution in [0.3, 0.4) is 0 Å². The SMILES string of the molecule is CC(C)(CC(=O)O)CC(=O)Nc1cccc(NC(=O)c2cccs2)c1. The number of carboxylic acids is 1. The summed E-state index contributed by atoms with van der Waals surface area (Å²) >= 11 is 1.35. The number of amides is 2. The number of carbonyl (C=O) groups excluding carboxylic acids is 2. The number of thiophene rings is 1. The highest BCUT2D eigenvalue weighted by molar-refractivity contribution is 7.12. The number of aliphatic carboxylic acids is 1. The van der Waals surface area contributed by atoms with Gasteiger partial charge in [-0.2, -0.15) is 0 Å². The van der Waals surface area contributed by atoms with E-state index in [1.54, 1.807) is 50.2 Å². The minimum absolute atomic E-state index is 0.0860. The van der Waals surface area contributed by atoms with Crippen molar-refractivity contribution in [1.82, 2.24) is 0 Å². The maximum atomic E-state index is 12.1. The number of hydrogen-bond donors (Lipinski definition) is 3. The van der Waals surface area contributed by atoms with E-state index in [-0.39, 0.29) is 24.7 Å². The van der Waals surface area contributed by atoms with Crippen LogP contribution in [0.25, 0.3) is 0 Å². The Labute approximate surface area is 149 Å². The largest absolute Gasteiger partial charge is 0.481 e. The van der Waals surface area contributed by atoms with Gasteiger partial charge in [0.15, 0.2) is 0 Å². The van der Waals surface area contributed by atoms with Crippen molar-refractivity contribution < 1.29 is 19.5 Å². The molecule has 1 heterocycles. The maximum absolute atomic E-state index is 12.1. The summed E-state index contributed by atoms with van der Waals surface area (Å²) in [6.07, 6.45) is 0.00239. The molecule has 0 aliphatic rings. The van der Waals surface area contributed by atoms with Gasteiger partial charge in [0.25, 0.3) is 5.91 Å². The van der Waals surface area contributed by atoms with Gasteiger partial charge in [-0.25, -0.2) is 0 Å². The Balaban J connectivity index is 1.98. The molecular formula is C18H20N2O4S. The van der Waals surface area contributed by atoms with Gasteiger partial charge in [-0.15, -0.1) is 11.3 Å². The lowest BCUT2D eigenvalue weighted by Gasteiger charge is -2.21. The third-order valence-corrected chi connectivity index (χ3v) is 4.29. The summed E-state index contributed by atoms with van der Waals surface area (Å²) in [5.74, 6) is -1.41. The lowest BCUT2D eigenvalue weighted by atomic mass is 9.85. The van der Waals surface area contributed by atoms with E-state index in [0.29, 0.717) is 16.3 Å². The zero-order valence-electron chi connectivity index (χ0n) is 14.0. The van der Waals surface area contributed by atoms with Gasteiger partial charge in [0.05, 0.1) is 11.3 Å². The van der Waals surface area contributed by atoms with Crippen LogP contribution in [0, 0.1) is 5.41 Å². The van der Waals surface area contributed by atoms with Crippen LogP contribution in [-0.4, -0.2) is 22.9 Å². The van der Waals surface area contributed by atoms with Crippen molar-refractivity contribution >= 4 is 40.5 Å². The average molecular weight is 360 g/mol. The zero-order chi connectivity index (χ0) is 18.4. The van der Waals surface area contributed by atoms with Crippen LogP contribution in [-0.2, 0) is 9.59 Å². The van der Waals surface area contributed by atoms with Crippen molar-refractivity contribution in [2.24, 2.45) is 5.41 Å². The number of anilines is 2. The van der Waals surface area contributed by atoms with E-state index in [2.05, 4.69) is 10.6 Å². The Morgan fingerprint density at radius 2 is 1.72 bits per heavy atom. The quantitative estimate of drug-likeness (QED) is 0.699. The molecule has 6 nitrogen and oxygen atoms in total. The molecule has 132 valence electrons. The maximum Gasteiger partial charge on any atom is 0.303 e. The minimum Gasteiger partial charge on any atom is -0.481 e. The summed E-state index contributed by atoms with van der Waals surface area (Å²) in [6.45, 7) is 3.47. The molecule has 1 aromatic heterocycles. The summed E-state index contributed by atoms with van der Waals surface area (Å²) in [4.78, 5) is 35.6. The van der Waals surface area contributed by atoms with Crippen molar-refractivity contribution in [2.45, 2.75) is 26.7 Å². The predicted octanol–water partition coefficient (Wildman–Crippen LogP) is 3.83. The van der Waals surface area contributed by atoms with Crippen LogP contribution in [0.1, 0.15) is 36.4 Å². The fraction of sp³-hybridized carbons (Fsp3) is 0.278. The summed E-state index contributed by atoms with van der Waals surface area (Å²) in [5, 5.41) is 16.2. The molecule has 0 fully saturated rings. The molecule has 0 radical (unpaired) electrons. The number of benzene rings is 1. The fourth-order valence-corrected chi connectivity index (χ4v) is 3.01. The minimum atomic E-state index is -0.934. The van der Waals surface area contributed by atoms with Gasteiger partial charge in [0.2, 0.25) is 5.91 Å². The molecule has 0 aliphatic heterocycles. The lowest BCUT2D eigenvalue weighted by Crippen LogP contribution is -2.24. The molecule has 0 aliphatic carbocycles. The first-order chi connectivity index (χ1) is 11.7. The average Bonchev–Trinajstić information content (AvgIpc) is 2.99. The third kappa shape index (κ3) is 6.04.